The molecule has 0 fully saturated rings. The molecule has 1 aromatic rings. The molecule has 0 spiro atoms. The van der Waals surface area contributed by atoms with Gasteiger partial charge in [-0.3, -0.25) is 4.99 Å². The molecular weight excluding hydrogens is 209 g/mol. The van der Waals surface area contributed by atoms with Crippen LogP contribution in [0.1, 0.15) is 5.56 Å². The molecule has 0 amide bonds. The zero-order valence-corrected chi connectivity index (χ0v) is 8.52. The molecule has 0 saturated heterocycles. The molecule has 0 heterocycles. The van der Waals surface area contributed by atoms with Crippen molar-refractivity contribution in [3.63, 3.8) is 0 Å². The predicted molar refractivity (Wildman–Crippen MR) is 56.2 cm³/mol. The van der Waals surface area contributed by atoms with Crippen molar-refractivity contribution in [2.75, 3.05) is 7.05 Å². The number of aliphatic imine (C=N–C) groups is 1. The van der Waals surface area contributed by atoms with Crippen LogP contribution in [-0.2, 0) is 0 Å². The Kier molecular flexibility index (Phi) is 3.54. The van der Waals surface area contributed by atoms with Gasteiger partial charge in [0.15, 0.2) is 0 Å². The maximum Gasteiger partial charge on any atom is 0.145 e. The number of hydrazine groups is 1. The average Bonchev–Trinajstić information content (AvgIpc) is 2.11. The first-order valence-electron chi connectivity index (χ1n) is 3.58. The van der Waals surface area contributed by atoms with Crippen molar-refractivity contribution >= 4 is 29.0 Å². The average molecular weight is 218 g/mol. The van der Waals surface area contributed by atoms with Crippen LogP contribution in [0.3, 0.4) is 0 Å². The summed E-state index contributed by atoms with van der Waals surface area (Å²) in [5.41, 5.74) is 3.05. The van der Waals surface area contributed by atoms with Gasteiger partial charge in [0, 0.05) is 7.05 Å². The Bertz CT molecular complexity index is 316. The highest BCUT2D eigenvalue weighted by atomic mass is 35.5. The van der Waals surface area contributed by atoms with Gasteiger partial charge in [-0.05, 0) is 12.1 Å². The van der Waals surface area contributed by atoms with Crippen molar-refractivity contribution in [1.82, 2.24) is 5.43 Å². The Morgan fingerprint density at radius 1 is 1.38 bits per heavy atom. The third-order valence-corrected chi connectivity index (χ3v) is 2.19. The van der Waals surface area contributed by atoms with E-state index in [2.05, 4.69) is 10.4 Å². The zero-order chi connectivity index (χ0) is 9.84. The van der Waals surface area contributed by atoms with Gasteiger partial charge in [0.1, 0.15) is 5.84 Å². The first-order chi connectivity index (χ1) is 6.20. The van der Waals surface area contributed by atoms with Crippen LogP contribution in [0.25, 0.3) is 0 Å². The van der Waals surface area contributed by atoms with E-state index in [1.54, 1.807) is 25.2 Å². The van der Waals surface area contributed by atoms with Crippen LogP contribution in [0.2, 0.25) is 10.0 Å². The smallest absolute Gasteiger partial charge is 0.145 e. The molecule has 0 unspecified atom stereocenters. The maximum atomic E-state index is 5.92. The first kappa shape index (κ1) is 10.3. The van der Waals surface area contributed by atoms with Crippen LogP contribution in [0.4, 0.5) is 0 Å². The summed E-state index contributed by atoms with van der Waals surface area (Å²) in [7, 11) is 1.61. The number of hydrogen-bond acceptors (Lipinski definition) is 2. The molecule has 70 valence electrons. The quantitative estimate of drug-likeness (QED) is 0.327. The van der Waals surface area contributed by atoms with Crippen LogP contribution in [0.15, 0.2) is 23.2 Å². The molecule has 3 nitrogen and oxygen atoms in total. The standard InChI is InChI=1S/C8H9Cl2N3/c1-12-8(13-11)7-5(9)3-2-4-6(7)10/h2-4H,11H2,1H3,(H,12,13). The fourth-order valence-corrected chi connectivity index (χ4v) is 1.55. The molecule has 0 bridgehead atoms. The summed E-state index contributed by atoms with van der Waals surface area (Å²) in [6.07, 6.45) is 0. The van der Waals surface area contributed by atoms with Crippen molar-refractivity contribution in [1.29, 1.82) is 0 Å². The van der Waals surface area contributed by atoms with Gasteiger partial charge >= 0.3 is 0 Å². The second kappa shape index (κ2) is 4.46. The van der Waals surface area contributed by atoms with E-state index < -0.39 is 0 Å². The number of nitrogens with one attached hydrogen (secondary N) is 1. The summed E-state index contributed by atoms with van der Waals surface area (Å²) < 4.78 is 0. The lowest BCUT2D eigenvalue weighted by Crippen LogP contribution is -2.31. The number of hydrogen-bond donors (Lipinski definition) is 2. The number of rotatable bonds is 1. The van der Waals surface area contributed by atoms with E-state index >= 15 is 0 Å². The highest BCUT2D eigenvalue weighted by molar-refractivity contribution is 6.40. The van der Waals surface area contributed by atoms with Gasteiger partial charge in [-0.2, -0.15) is 0 Å². The van der Waals surface area contributed by atoms with Gasteiger partial charge in [-0.25, -0.2) is 5.84 Å². The van der Waals surface area contributed by atoms with E-state index in [1.807, 2.05) is 0 Å². The van der Waals surface area contributed by atoms with E-state index in [-0.39, 0.29) is 0 Å². The topological polar surface area (TPSA) is 50.4 Å². The fraction of sp³-hybridized carbons (Fsp3) is 0.125. The van der Waals surface area contributed by atoms with Crippen molar-refractivity contribution < 1.29 is 0 Å². The molecule has 0 aliphatic rings. The number of benzene rings is 1. The molecular formula is C8H9Cl2N3. The third-order valence-electron chi connectivity index (χ3n) is 1.56. The van der Waals surface area contributed by atoms with Gasteiger partial charge < -0.3 is 5.43 Å². The van der Waals surface area contributed by atoms with Crippen LogP contribution in [0.5, 0.6) is 0 Å². The minimum atomic E-state index is 0.468. The number of nitrogens with zero attached hydrogens (tertiary/aromatic N) is 1. The van der Waals surface area contributed by atoms with Crippen molar-refractivity contribution in [3.8, 4) is 0 Å². The third kappa shape index (κ3) is 2.12. The normalized spacial score (nSPS) is 11.5. The van der Waals surface area contributed by atoms with Gasteiger partial charge in [0.2, 0.25) is 0 Å². The Hall–Kier alpha value is -0.770. The van der Waals surface area contributed by atoms with Gasteiger partial charge in [0.25, 0.3) is 0 Å². The van der Waals surface area contributed by atoms with E-state index in [1.165, 1.54) is 0 Å². The summed E-state index contributed by atoms with van der Waals surface area (Å²) in [6, 6.07) is 5.22. The van der Waals surface area contributed by atoms with Crippen molar-refractivity contribution in [3.05, 3.63) is 33.8 Å². The van der Waals surface area contributed by atoms with Crippen molar-refractivity contribution in [2.45, 2.75) is 0 Å². The van der Waals surface area contributed by atoms with E-state index in [0.717, 1.165) is 0 Å². The molecule has 5 heteroatoms. The van der Waals surface area contributed by atoms with E-state index in [4.69, 9.17) is 29.0 Å². The minimum Gasteiger partial charge on any atom is -0.308 e. The highest BCUT2D eigenvalue weighted by Crippen LogP contribution is 2.23. The lowest BCUT2D eigenvalue weighted by atomic mass is 10.2. The molecule has 3 N–H and O–H groups in total. The lowest BCUT2D eigenvalue weighted by molar-refractivity contribution is 1.02. The number of halogens is 2. The van der Waals surface area contributed by atoms with Gasteiger partial charge in [0.05, 0.1) is 15.6 Å². The molecule has 0 saturated carbocycles. The van der Waals surface area contributed by atoms with Gasteiger partial charge in [-0.1, -0.05) is 29.3 Å². The Balaban J connectivity index is 3.27. The second-order valence-corrected chi connectivity index (χ2v) is 3.13. The van der Waals surface area contributed by atoms with Gasteiger partial charge in [-0.15, -0.1) is 0 Å². The molecule has 13 heavy (non-hydrogen) atoms. The highest BCUT2D eigenvalue weighted by Gasteiger charge is 2.09. The SMILES string of the molecule is CN=C(NN)c1c(Cl)cccc1Cl. The monoisotopic (exact) mass is 217 g/mol. The van der Waals surface area contributed by atoms with Crippen LogP contribution >= 0.6 is 23.2 Å². The molecule has 1 aromatic carbocycles. The second-order valence-electron chi connectivity index (χ2n) is 2.31. The molecule has 0 radical (unpaired) electrons. The van der Waals surface area contributed by atoms with Crippen LogP contribution in [-0.4, -0.2) is 12.9 Å². The molecule has 0 aliphatic carbocycles. The lowest BCUT2D eigenvalue weighted by Gasteiger charge is -2.08. The molecule has 0 aromatic heterocycles. The molecule has 0 atom stereocenters. The Morgan fingerprint density at radius 2 is 1.92 bits per heavy atom. The zero-order valence-electron chi connectivity index (χ0n) is 7.01. The largest absolute Gasteiger partial charge is 0.308 e. The molecule has 0 aliphatic heterocycles. The first-order valence-corrected chi connectivity index (χ1v) is 4.34. The summed E-state index contributed by atoms with van der Waals surface area (Å²) in [5, 5.41) is 1.04. The summed E-state index contributed by atoms with van der Waals surface area (Å²) in [6.45, 7) is 0. The van der Waals surface area contributed by atoms with Crippen molar-refractivity contribution in [2.24, 2.45) is 10.8 Å². The predicted octanol–water partition coefficient (Wildman–Crippen LogP) is 1.83. The number of nitrogens with two attached hydrogens (primary N) is 1. The van der Waals surface area contributed by atoms with Crippen LogP contribution in [0, 0.1) is 0 Å². The number of amidine groups is 1. The Morgan fingerprint density at radius 3 is 2.31 bits per heavy atom. The van der Waals surface area contributed by atoms with E-state index in [9.17, 15) is 0 Å². The fourth-order valence-electron chi connectivity index (χ4n) is 0.973. The minimum absolute atomic E-state index is 0.468. The summed E-state index contributed by atoms with van der Waals surface area (Å²) in [4.78, 5) is 3.91. The summed E-state index contributed by atoms with van der Waals surface area (Å²) >= 11 is 11.8. The van der Waals surface area contributed by atoms with E-state index in [0.29, 0.717) is 21.4 Å². The summed E-state index contributed by atoms with van der Waals surface area (Å²) in [5.74, 6) is 5.72. The van der Waals surface area contributed by atoms with Crippen LogP contribution < -0.4 is 11.3 Å². The maximum absolute atomic E-state index is 5.92. The molecule has 1 rings (SSSR count). The Labute approximate surface area is 86.5 Å².